The summed E-state index contributed by atoms with van der Waals surface area (Å²) in [4.78, 5) is 15.9. The van der Waals surface area contributed by atoms with Crippen LogP contribution in [0.25, 0.3) is 0 Å². The van der Waals surface area contributed by atoms with Crippen LogP contribution in [0.3, 0.4) is 0 Å². The molecule has 1 N–H and O–H groups in total. The van der Waals surface area contributed by atoms with E-state index in [2.05, 4.69) is 24.1 Å². The monoisotopic (exact) mass is 284 g/mol. The lowest BCUT2D eigenvalue weighted by Gasteiger charge is -2.09. The van der Waals surface area contributed by atoms with Crippen molar-refractivity contribution in [2.24, 2.45) is 5.92 Å². The van der Waals surface area contributed by atoms with Gasteiger partial charge < -0.3 is 10.1 Å². The van der Waals surface area contributed by atoms with Crippen molar-refractivity contribution >= 4 is 5.91 Å². The lowest BCUT2D eigenvalue weighted by atomic mass is 10.2. The van der Waals surface area contributed by atoms with E-state index in [0.717, 1.165) is 11.3 Å². The molecule has 0 radical (unpaired) electrons. The minimum atomic E-state index is -0.171. The number of nitrogens with one attached hydrogen (secondary N) is 1. The number of carbonyl (C=O) groups excluding carboxylic acids is 1. The van der Waals surface area contributed by atoms with Crippen LogP contribution in [0, 0.1) is 5.92 Å². The molecule has 0 fully saturated rings. The van der Waals surface area contributed by atoms with Crippen molar-refractivity contribution in [2.45, 2.75) is 20.4 Å². The summed E-state index contributed by atoms with van der Waals surface area (Å²) >= 11 is 0. The molecule has 0 atom stereocenters. The Morgan fingerprint density at radius 3 is 2.57 bits per heavy atom. The molecule has 4 heteroatoms. The van der Waals surface area contributed by atoms with E-state index in [1.165, 1.54) is 0 Å². The van der Waals surface area contributed by atoms with Crippen molar-refractivity contribution < 1.29 is 9.53 Å². The molecule has 4 nitrogen and oxygen atoms in total. The Kier molecular flexibility index (Phi) is 5.32. The minimum absolute atomic E-state index is 0.171. The van der Waals surface area contributed by atoms with Gasteiger partial charge in [-0.15, -0.1) is 0 Å². The van der Waals surface area contributed by atoms with Gasteiger partial charge in [-0.05, 0) is 35.7 Å². The fourth-order valence-electron chi connectivity index (χ4n) is 1.74. The molecule has 1 heterocycles. The first kappa shape index (κ1) is 15.0. The summed E-state index contributed by atoms with van der Waals surface area (Å²) in [6.07, 6.45) is 1.61. The van der Waals surface area contributed by atoms with Crippen molar-refractivity contribution in [3.8, 4) is 5.75 Å². The van der Waals surface area contributed by atoms with Gasteiger partial charge in [0.25, 0.3) is 5.91 Å². The number of benzene rings is 1. The highest BCUT2D eigenvalue weighted by Crippen LogP contribution is 2.13. The van der Waals surface area contributed by atoms with E-state index in [-0.39, 0.29) is 5.91 Å². The number of aromatic nitrogens is 1. The third kappa shape index (κ3) is 4.91. The molecule has 1 aromatic heterocycles. The van der Waals surface area contributed by atoms with Crippen LogP contribution in [-0.4, -0.2) is 17.5 Å². The van der Waals surface area contributed by atoms with Gasteiger partial charge in [-0.25, -0.2) is 0 Å². The summed E-state index contributed by atoms with van der Waals surface area (Å²) in [6.45, 7) is 5.40. The van der Waals surface area contributed by atoms with E-state index >= 15 is 0 Å². The molecule has 21 heavy (non-hydrogen) atoms. The molecule has 2 rings (SSSR count). The first-order chi connectivity index (χ1) is 10.1. The third-order valence-corrected chi connectivity index (χ3v) is 2.86. The molecule has 0 aliphatic rings. The van der Waals surface area contributed by atoms with Crippen LogP contribution in [0.4, 0.5) is 0 Å². The molecule has 0 saturated carbocycles. The van der Waals surface area contributed by atoms with Crippen LogP contribution < -0.4 is 10.1 Å². The smallest absolute Gasteiger partial charge is 0.270 e. The van der Waals surface area contributed by atoms with E-state index in [1.807, 2.05) is 24.3 Å². The summed E-state index contributed by atoms with van der Waals surface area (Å²) in [5, 5.41) is 2.84. The molecule has 1 amide bonds. The number of rotatable bonds is 6. The average molecular weight is 284 g/mol. The van der Waals surface area contributed by atoms with Crippen LogP contribution in [-0.2, 0) is 6.54 Å². The average Bonchev–Trinajstić information content (AvgIpc) is 2.52. The lowest BCUT2D eigenvalue weighted by molar-refractivity contribution is 0.0946. The molecule has 2 aromatic rings. The molecular formula is C17H20N2O2. The number of amides is 1. The lowest BCUT2D eigenvalue weighted by Crippen LogP contribution is -2.23. The van der Waals surface area contributed by atoms with E-state index in [1.54, 1.807) is 24.4 Å². The third-order valence-electron chi connectivity index (χ3n) is 2.86. The van der Waals surface area contributed by atoms with Crippen molar-refractivity contribution in [2.75, 3.05) is 6.61 Å². The van der Waals surface area contributed by atoms with Gasteiger partial charge in [-0.1, -0.05) is 32.0 Å². The predicted molar refractivity (Wildman–Crippen MR) is 82.2 cm³/mol. The van der Waals surface area contributed by atoms with E-state index < -0.39 is 0 Å². The van der Waals surface area contributed by atoms with Crippen LogP contribution in [0.5, 0.6) is 5.75 Å². The van der Waals surface area contributed by atoms with Gasteiger partial charge in [0, 0.05) is 12.7 Å². The van der Waals surface area contributed by atoms with Gasteiger partial charge in [-0.2, -0.15) is 0 Å². The van der Waals surface area contributed by atoms with E-state index in [9.17, 15) is 4.79 Å². The molecule has 0 aliphatic heterocycles. The summed E-state index contributed by atoms with van der Waals surface area (Å²) in [5.41, 5.74) is 1.45. The van der Waals surface area contributed by atoms with Crippen LogP contribution >= 0.6 is 0 Å². The molecule has 0 aliphatic carbocycles. The second-order valence-corrected chi connectivity index (χ2v) is 5.25. The van der Waals surface area contributed by atoms with Gasteiger partial charge in [0.05, 0.1) is 6.61 Å². The molecule has 0 spiro atoms. The number of pyridine rings is 1. The predicted octanol–water partition coefficient (Wildman–Crippen LogP) is 3.05. The fraction of sp³-hybridized carbons (Fsp3) is 0.294. The Morgan fingerprint density at radius 1 is 1.19 bits per heavy atom. The summed E-state index contributed by atoms with van der Waals surface area (Å²) in [5.74, 6) is 1.18. The molecule has 110 valence electrons. The quantitative estimate of drug-likeness (QED) is 0.887. The number of nitrogens with zero attached hydrogens (tertiary/aromatic N) is 1. The Labute approximate surface area is 125 Å². The van der Waals surface area contributed by atoms with E-state index in [4.69, 9.17) is 4.74 Å². The Morgan fingerprint density at radius 2 is 1.95 bits per heavy atom. The zero-order valence-corrected chi connectivity index (χ0v) is 12.4. The Bertz CT molecular complexity index is 565. The zero-order chi connectivity index (χ0) is 15.1. The van der Waals surface area contributed by atoms with Crippen molar-refractivity contribution in [1.29, 1.82) is 0 Å². The second-order valence-electron chi connectivity index (χ2n) is 5.25. The summed E-state index contributed by atoms with van der Waals surface area (Å²) < 4.78 is 5.62. The highest BCUT2D eigenvalue weighted by atomic mass is 16.5. The highest BCUT2D eigenvalue weighted by Gasteiger charge is 2.05. The van der Waals surface area contributed by atoms with Gasteiger partial charge in [0.2, 0.25) is 0 Å². The fourth-order valence-corrected chi connectivity index (χ4v) is 1.74. The topological polar surface area (TPSA) is 51.2 Å². The Balaban J connectivity index is 1.85. The number of ether oxygens (including phenoxy) is 1. The molecule has 0 unspecified atom stereocenters. The number of hydrogen-bond donors (Lipinski definition) is 1. The number of hydrogen-bond acceptors (Lipinski definition) is 3. The van der Waals surface area contributed by atoms with Crippen molar-refractivity contribution in [3.05, 3.63) is 59.9 Å². The van der Waals surface area contributed by atoms with Gasteiger partial charge in [0.15, 0.2) is 0 Å². The minimum Gasteiger partial charge on any atom is -0.493 e. The largest absolute Gasteiger partial charge is 0.493 e. The maximum absolute atomic E-state index is 11.9. The maximum atomic E-state index is 11.9. The normalized spacial score (nSPS) is 10.4. The Hall–Kier alpha value is -2.36. The molecule has 0 bridgehead atoms. The highest BCUT2D eigenvalue weighted by molar-refractivity contribution is 5.92. The van der Waals surface area contributed by atoms with Gasteiger partial charge >= 0.3 is 0 Å². The molecule has 1 aromatic carbocycles. The maximum Gasteiger partial charge on any atom is 0.270 e. The van der Waals surface area contributed by atoms with Crippen molar-refractivity contribution in [1.82, 2.24) is 10.3 Å². The van der Waals surface area contributed by atoms with Crippen LogP contribution in [0.1, 0.15) is 29.9 Å². The second kappa shape index (κ2) is 7.43. The number of carbonyl (C=O) groups is 1. The van der Waals surface area contributed by atoms with Crippen molar-refractivity contribution in [3.63, 3.8) is 0 Å². The SMILES string of the molecule is CC(C)COc1ccc(CNC(=O)c2ccccn2)cc1. The summed E-state index contributed by atoms with van der Waals surface area (Å²) in [7, 11) is 0. The first-order valence-electron chi connectivity index (χ1n) is 7.06. The van der Waals surface area contributed by atoms with E-state index in [0.29, 0.717) is 24.8 Å². The first-order valence-corrected chi connectivity index (χ1v) is 7.06. The zero-order valence-electron chi connectivity index (χ0n) is 12.4. The summed E-state index contributed by atoms with van der Waals surface area (Å²) in [6, 6.07) is 13.0. The van der Waals surface area contributed by atoms with Gasteiger partial charge in [-0.3, -0.25) is 9.78 Å². The molecule has 0 saturated heterocycles. The van der Waals surface area contributed by atoms with Gasteiger partial charge in [0.1, 0.15) is 11.4 Å². The van der Waals surface area contributed by atoms with Crippen LogP contribution in [0.15, 0.2) is 48.7 Å². The standard InChI is InChI=1S/C17H20N2O2/c1-13(2)12-21-15-8-6-14(7-9-15)11-19-17(20)16-5-3-4-10-18-16/h3-10,13H,11-12H2,1-2H3,(H,19,20). The van der Waals surface area contributed by atoms with Crippen LogP contribution in [0.2, 0.25) is 0 Å². The molecular weight excluding hydrogens is 264 g/mol.